The summed E-state index contributed by atoms with van der Waals surface area (Å²) in [5, 5.41) is 5.10. The first-order valence-corrected chi connectivity index (χ1v) is 22.7. The monoisotopic (exact) mass is 840 g/mol. The fourth-order valence-electron chi connectivity index (χ4n) is 9.80. The van der Waals surface area contributed by atoms with Crippen molar-refractivity contribution in [3.63, 3.8) is 0 Å². The van der Waals surface area contributed by atoms with E-state index in [1.54, 1.807) is 0 Å². The average Bonchev–Trinajstić information content (AvgIpc) is 3.75. The predicted octanol–water partition coefficient (Wildman–Crippen LogP) is 17.7. The number of fused-ring (bicyclic) bond motifs is 5. The first-order chi connectivity index (χ1) is 32.7. The van der Waals surface area contributed by atoms with Crippen LogP contribution in [0.5, 0.6) is 0 Å². The SMILES string of the molecule is c1ccc(-c2ccc(N(c3ccc(-c4ccccc4-c4ccc(-n5c6ccccc6c6c7ccccc7ccc65)cc4)cc3)c3cc(-c4ccccc4)cc(-c4ccccc4)c3)cc2)cc1. The van der Waals surface area contributed by atoms with Gasteiger partial charge in [0.2, 0.25) is 0 Å². The lowest BCUT2D eigenvalue weighted by Crippen LogP contribution is -2.10. The Kier molecular flexibility index (Phi) is 9.89. The lowest BCUT2D eigenvalue weighted by atomic mass is 9.94. The van der Waals surface area contributed by atoms with E-state index in [2.05, 4.69) is 276 Å². The van der Waals surface area contributed by atoms with Crippen LogP contribution in [0.2, 0.25) is 0 Å². The Morgan fingerprint density at radius 2 is 0.697 bits per heavy atom. The zero-order valence-corrected chi connectivity index (χ0v) is 36.3. The van der Waals surface area contributed by atoms with Gasteiger partial charge < -0.3 is 9.47 Å². The van der Waals surface area contributed by atoms with E-state index >= 15 is 0 Å². The molecule has 0 unspecified atom stereocenters. The maximum atomic E-state index is 2.41. The van der Waals surface area contributed by atoms with E-state index in [0.29, 0.717) is 0 Å². The summed E-state index contributed by atoms with van der Waals surface area (Å²) < 4.78 is 2.41. The highest BCUT2D eigenvalue weighted by Gasteiger charge is 2.18. The molecule has 0 atom stereocenters. The van der Waals surface area contributed by atoms with Crippen molar-refractivity contribution in [2.45, 2.75) is 0 Å². The van der Waals surface area contributed by atoms with Gasteiger partial charge in [0.05, 0.1) is 11.0 Å². The molecule has 310 valence electrons. The Bertz CT molecular complexity index is 3590. The standard InChI is InChI=1S/C64H44N2/c1-4-16-45(17-5-1)48-28-35-54(36-29-48)65(57-43-52(46-18-6-2-7-19-46)42-53(44-57)47-20-8-3-9-21-47)55-37-30-50(31-38-55)58-23-12-13-24-59(58)51-32-39-56(40-33-51)66-62-27-15-14-26-61(62)64-60-25-11-10-22-49(60)34-41-63(64)66/h1-44H. The molecule has 12 rings (SSSR count). The fourth-order valence-corrected chi connectivity index (χ4v) is 9.80. The molecular formula is C64H44N2. The second-order valence-corrected chi connectivity index (χ2v) is 16.9. The van der Waals surface area contributed by atoms with E-state index in [1.165, 1.54) is 82.6 Å². The van der Waals surface area contributed by atoms with Crippen LogP contribution in [0.15, 0.2) is 267 Å². The normalized spacial score (nSPS) is 11.3. The van der Waals surface area contributed by atoms with Gasteiger partial charge in [0.25, 0.3) is 0 Å². The molecule has 0 saturated carbocycles. The Morgan fingerprint density at radius 3 is 1.27 bits per heavy atom. The van der Waals surface area contributed by atoms with Gasteiger partial charge in [-0.25, -0.2) is 0 Å². The number of anilines is 3. The highest BCUT2D eigenvalue weighted by Crippen LogP contribution is 2.43. The van der Waals surface area contributed by atoms with Crippen LogP contribution < -0.4 is 4.90 Å². The summed E-state index contributed by atoms with van der Waals surface area (Å²) in [4.78, 5) is 2.39. The molecule has 2 heteroatoms. The van der Waals surface area contributed by atoms with Crippen LogP contribution in [-0.4, -0.2) is 4.57 Å². The summed E-state index contributed by atoms with van der Waals surface area (Å²) in [6, 6.07) is 96.8. The van der Waals surface area contributed by atoms with Gasteiger partial charge in [-0.05, 0) is 133 Å². The van der Waals surface area contributed by atoms with E-state index in [0.717, 1.165) is 28.3 Å². The minimum absolute atomic E-state index is 1.08. The molecule has 0 aliphatic heterocycles. The molecular weight excluding hydrogens is 797 g/mol. The van der Waals surface area contributed by atoms with Crippen LogP contribution in [0, 0.1) is 0 Å². The summed E-state index contributed by atoms with van der Waals surface area (Å²) >= 11 is 0. The van der Waals surface area contributed by atoms with Crippen molar-refractivity contribution in [2.24, 2.45) is 0 Å². The van der Waals surface area contributed by atoms with Crippen molar-refractivity contribution >= 4 is 49.6 Å². The zero-order chi connectivity index (χ0) is 43.8. The number of nitrogens with zero attached hydrogens (tertiary/aromatic N) is 2. The van der Waals surface area contributed by atoms with E-state index in [4.69, 9.17) is 0 Å². The largest absolute Gasteiger partial charge is 0.310 e. The third-order valence-corrected chi connectivity index (χ3v) is 13.0. The molecule has 0 aliphatic rings. The molecule has 0 aliphatic carbocycles. The smallest absolute Gasteiger partial charge is 0.0547 e. The predicted molar refractivity (Wildman–Crippen MR) is 280 cm³/mol. The molecule has 1 heterocycles. The van der Waals surface area contributed by atoms with Crippen LogP contribution in [0.1, 0.15) is 0 Å². The van der Waals surface area contributed by atoms with E-state index in [9.17, 15) is 0 Å². The molecule has 11 aromatic carbocycles. The van der Waals surface area contributed by atoms with Crippen molar-refractivity contribution in [3.8, 4) is 61.3 Å². The lowest BCUT2D eigenvalue weighted by molar-refractivity contribution is 1.18. The maximum absolute atomic E-state index is 2.41. The minimum Gasteiger partial charge on any atom is -0.310 e. The molecule has 0 amide bonds. The quantitative estimate of drug-likeness (QED) is 0.141. The Morgan fingerprint density at radius 1 is 0.258 bits per heavy atom. The van der Waals surface area contributed by atoms with E-state index < -0.39 is 0 Å². The summed E-state index contributed by atoms with van der Waals surface area (Å²) in [6.07, 6.45) is 0. The topological polar surface area (TPSA) is 8.17 Å². The molecule has 0 radical (unpaired) electrons. The molecule has 1 aromatic heterocycles. The van der Waals surface area contributed by atoms with Gasteiger partial charge in [-0.1, -0.05) is 200 Å². The number of aromatic nitrogens is 1. The van der Waals surface area contributed by atoms with Gasteiger partial charge in [0.15, 0.2) is 0 Å². The molecule has 2 nitrogen and oxygen atoms in total. The van der Waals surface area contributed by atoms with Gasteiger partial charge >= 0.3 is 0 Å². The van der Waals surface area contributed by atoms with Crippen molar-refractivity contribution < 1.29 is 0 Å². The summed E-state index contributed by atoms with van der Waals surface area (Å²) in [6.45, 7) is 0. The average molecular weight is 841 g/mol. The number of hydrogen-bond acceptors (Lipinski definition) is 1. The van der Waals surface area contributed by atoms with Gasteiger partial charge in [0, 0.05) is 33.5 Å². The first kappa shape index (κ1) is 38.9. The summed E-state index contributed by atoms with van der Waals surface area (Å²) in [5.74, 6) is 0. The Labute approximate surface area is 385 Å². The van der Waals surface area contributed by atoms with Crippen LogP contribution in [0.3, 0.4) is 0 Å². The molecule has 12 aromatic rings. The number of hydrogen-bond donors (Lipinski definition) is 0. The third-order valence-electron chi connectivity index (χ3n) is 13.0. The first-order valence-electron chi connectivity index (χ1n) is 22.7. The molecule has 0 spiro atoms. The van der Waals surface area contributed by atoms with E-state index in [-0.39, 0.29) is 0 Å². The summed E-state index contributed by atoms with van der Waals surface area (Å²) in [7, 11) is 0. The van der Waals surface area contributed by atoms with Crippen molar-refractivity contribution in [3.05, 3.63) is 267 Å². The zero-order valence-electron chi connectivity index (χ0n) is 36.3. The molecule has 0 bridgehead atoms. The van der Waals surface area contributed by atoms with Gasteiger partial charge in [-0.3, -0.25) is 0 Å². The van der Waals surface area contributed by atoms with Crippen LogP contribution in [0.25, 0.3) is 93.9 Å². The van der Waals surface area contributed by atoms with E-state index in [1.807, 2.05) is 0 Å². The minimum atomic E-state index is 1.08. The highest BCUT2D eigenvalue weighted by atomic mass is 15.1. The van der Waals surface area contributed by atoms with Crippen LogP contribution >= 0.6 is 0 Å². The number of rotatable bonds is 9. The molecule has 66 heavy (non-hydrogen) atoms. The van der Waals surface area contributed by atoms with Crippen molar-refractivity contribution in [1.29, 1.82) is 0 Å². The van der Waals surface area contributed by atoms with Gasteiger partial charge in [-0.2, -0.15) is 0 Å². The maximum Gasteiger partial charge on any atom is 0.0547 e. The molecule has 0 fully saturated rings. The Hall–Kier alpha value is -8.72. The Balaban J connectivity index is 0.936. The third kappa shape index (κ3) is 7.12. The lowest BCUT2D eigenvalue weighted by Gasteiger charge is -2.27. The van der Waals surface area contributed by atoms with Gasteiger partial charge in [-0.15, -0.1) is 0 Å². The molecule has 0 saturated heterocycles. The van der Waals surface area contributed by atoms with Crippen LogP contribution in [-0.2, 0) is 0 Å². The summed E-state index contributed by atoms with van der Waals surface area (Å²) in [5.41, 5.74) is 18.6. The van der Waals surface area contributed by atoms with Gasteiger partial charge in [0.1, 0.15) is 0 Å². The molecule has 0 N–H and O–H groups in total. The van der Waals surface area contributed by atoms with Crippen molar-refractivity contribution in [2.75, 3.05) is 4.90 Å². The van der Waals surface area contributed by atoms with Crippen molar-refractivity contribution in [1.82, 2.24) is 4.57 Å². The second-order valence-electron chi connectivity index (χ2n) is 16.9. The fraction of sp³-hybridized carbons (Fsp3) is 0. The van der Waals surface area contributed by atoms with Crippen LogP contribution in [0.4, 0.5) is 17.1 Å². The highest BCUT2D eigenvalue weighted by molar-refractivity contribution is 6.21. The second kappa shape index (κ2) is 16.8. The number of para-hydroxylation sites is 1. The number of benzene rings is 11.